The van der Waals surface area contributed by atoms with E-state index in [-0.39, 0.29) is 0 Å². The molecule has 0 nitrogen and oxygen atoms in total. The summed E-state index contributed by atoms with van der Waals surface area (Å²) in [7, 11) is 0. The summed E-state index contributed by atoms with van der Waals surface area (Å²) in [5, 5.41) is 2.51. The van der Waals surface area contributed by atoms with Gasteiger partial charge in [0.15, 0.2) is 0 Å². The molecule has 0 saturated heterocycles. The lowest BCUT2D eigenvalue weighted by Crippen LogP contribution is -1.69. The monoisotopic (exact) mass is 196 g/mol. The zero-order chi connectivity index (χ0) is 9.54. The van der Waals surface area contributed by atoms with Crippen molar-refractivity contribution in [2.75, 3.05) is 0 Å². The highest BCUT2D eigenvalue weighted by Crippen LogP contribution is 2.32. The molecule has 3 rings (SSSR count). The first kappa shape index (κ1) is 7.84. The smallest absolute Gasteiger partial charge is 0.0508 e. The topological polar surface area (TPSA) is 0 Å². The standard InChI is InChI=1S/C13H8S/c1-9-6-7-13-11(8-9)10-4-2-3-5-12(10)14-13/h3,5-8H,1H3. The van der Waals surface area contributed by atoms with Crippen LogP contribution in [0.2, 0.25) is 0 Å². The van der Waals surface area contributed by atoms with Gasteiger partial charge in [-0.3, -0.25) is 0 Å². The molecule has 2 aromatic carbocycles. The van der Waals surface area contributed by atoms with E-state index in [0.29, 0.717) is 0 Å². The molecule has 0 atom stereocenters. The molecule has 3 aromatic rings. The van der Waals surface area contributed by atoms with Crippen LogP contribution in [0.5, 0.6) is 0 Å². The Hall–Kier alpha value is -1.52. The number of aryl methyl sites for hydroxylation is 1. The largest absolute Gasteiger partial charge is 0.134 e. The van der Waals surface area contributed by atoms with E-state index in [9.17, 15) is 0 Å². The van der Waals surface area contributed by atoms with Crippen LogP contribution in [0.15, 0.2) is 30.3 Å². The number of rotatable bonds is 0. The molecule has 0 aliphatic heterocycles. The predicted molar refractivity (Wildman–Crippen MR) is 61.7 cm³/mol. The van der Waals surface area contributed by atoms with Crippen molar-refractivity contribution in [3.05, 3.63) is 48.0 Å². The molecule has 1 heterocycles. The number of fused-ring (bicyclic) bond motifs is 3. The van der Waals surface area contributed by atoms with Crippen LogP contribution in [-0.4, -0.2) is 0 Å². The molecule has 0 N–H and O–H groups in total. The average Bonchev–Trinajstić information content (AvgIpc) is 2.56. The highest BCUT2D eigenvalue weighted by atomic mass is 32.1. The minimum Gasteiger partial charge on any atom is -0.134 e. The van der Waals surface area contributed by atoms with Gasteiger partial charge in [-0.2, -0.15) is 0 Å². The van der Waals surface area contributed by atoms with E-state index < -0.39 is 0 Å². The van der Waals surface area contributed by atoms with Gasteiger partial charge in [0.25, 0.3) is 0 Å². The Morgan fingerprint density at radius 3 is 3.00 bits per heavy atom. The maximum Gasteiger partial charge on any atom is 0.0508 e. The first-order valence-corrected chi connectivity index (χ1v) is 5.37. The van der Waals surface area contributed by atoms with Crippen LogP contribution < -0.4 is 0 Å². The summed E-state index contributed by atoms with van der Waals surface area (Å²) in [6, 6.07) is 16.8. The van der Waals surface area contributed by atoms with E-state index >= 15 is 0 Å². The van der Waals surface area contributed by atoms with Crippen LogP contribution in [-0.2, 0) is 0 Å². The molecular weight excluding hydrogens is 188 g/mol. The Bertz CT molecular complexity index is 605. The van der Waals surface area contributed by atoms with Gasteiger partial charge < -0.3 is 0 Å². The van der Waals surface area contributed by atoms with Gasteiger partial charge in [-0.1, -0.05) is 23.8 Å². The van der Waals surface area contributed by atoms with E-state index in [1.165, 1.54) is 25.7 Å². The van der Waals surface area contributed by atoms with E-state index in [1.54, 1.807) is 0 Å². The molecule has 14 heavy (non-hydrogen) atoms. The molecule has 0 radical (unpaired) electrons. The van der Waals surface area contributed by atoms with Crippen molar-refractivity contribution in [3.8, 4) is 0 Å². The van der Waals surface area contributed by atoms with Crippen molar-refractivity contribution in [1.29, 1.82) is 0 Å². The van der Waals surface area contributed by atoms with E-state index in [2.05, 4.69) is 43.3 Å². The summed E-state index contributed by atoms with van der Waals surface area (Å²) < 4.78 is 2.63. The van der Waals surface area contributed by atoms with Gasteiger partial charge in [-0.25, -0.2) is 0 Å². The fourth-order valence-electron chi connectivity index (χ4n) is 1.71. The number of hydrogen-bond acceptors (Lipinski definition) is 1. The maximum atomic E-state index is 3.19. The van der Waals surface area contributed by atoms with Gasteiger partial charge >= 0.3 is 0 Å². The summed E-state index contributed by atoms with van der Waals surface area (Å²) in [5.41, 5.74) is 1.30. The maximum absolute atomic E-state index is 3.19. The second kappa shape index (κ2) is 2.73. The molecule has 0 unspecified atom stereocenters. The summed E-state index contributed by atoms with van der Waals surface area (Å²) in [5.74, 6) is 0. The van der Waals surface area contributed by atoms with Crippen molar-refractivity contribution in [3.63, 3.8) is 0 Å². The normalized spacial score (nSPS) is 10.6. The molecule has 1 heteroatoms. The van der Waals surface area contributed by atoms with Crippen molar-refractivity contribution in [2.45, 2.75) is 6.92 Å². The summed E-state index contributed by atoms with van der Waals surface area (Å²) >= 11 is 1.82. The van der Waals surface area contributed by atoms with Crippen LogP contribution in [0.25, 0.3) is 20.2 Å². The Labute approximate surface area is 86.8 Å². The van der Waals surface area contributed by atoms with E-state index in [4.69, 9.17) is 0 Å². The lowest BCUT2D eigenvalue weighted by molar-refractivity contribution is 1.52. The van der Waals surface area contributed by atoms with Gasteiger partial charge in [0.1, 0.15) is 0 Å². The average molecular weight is 196 g/mol. The molecule has 0 amide bonds. The van der Waals surface area contributed by atoms with Crippen LogP contribution >= 0.6 is 11.3 Å². The predicted octanol–water partition coefficient (Wildman–Crippen LogP) is 3.96. The Morgan fingerprint density at radius 2 is 2.07 bits per heavy atom. The lowest BCUT2D eigenvalue weighted by Gasteiger charge is -1.91. The van der Waals surface area contributed by atoms with Crippen molar-refractivity contribution < 1.29 is 0 Å². The zero-order valence-electron chi connectivity index (χ0n) is 7.79. The SMILES string of the molecule is Cc1ccc2sc3ccc#cc3c2c1. The van der Waals surface area contributed by atoms with Crippen molar-refractivity contribution in [1.82, 2.24) is 0 Å². The fourth-order valence-corrected chi connectivity index (χ4v) is 2.75. The van der Waals surface area contributed by atoms with Crippen molar-refractivity contribution >= 4 is 31.5 Å². The highest BCUT2D eigenvalue weighted by Gasteiger charge is 2.02. The van der Waals surface area contributed by atoms with Crippen LogP contribution in [0.3, 0.4) is 0 Å². The number of benzene rings is 1. The molecule has 1 aromatic heterocycles. The van der Waals surface area contributed by atoms with Crippen LogP contribution in [0, 0.1) is 19.1 Å². The molecule has 0 saturated carbocycles. The molecular formula is C13H8S. The lowest BCUT2D eigenvalue weighted by atomic mass is 10.1. The minimum absolute atomic E-state index is 1.20. The van der Waals surface area contributed by atoms with Crippen LogP contribution in [0.4, 0.5) is 0 Å². The molecule has 66 valence electrons. The molecule has 0 fully saturated rings. The second-order valence-corrected chi connectivity index (χ2v) is 4.53. The molecule has 0 aliphatic rings. The first-order chi connectivity index (χ1) is 6.84. The summed E-state index contributed by atoms with van der Waals surface area (Å²) in [6.45, 7) is 2.12. The van der Waals surface area contributed by atoms with Gasteiger partial charge in [-0.05, 0) is 31.2 Å². The molecule has 0 spiro atoms. The summed E-state index contributed by atoms with van der Waals surface area (Å²) in [4.78, 5) is 0. The highest BCUT2D eigenvalue weighted by molar-refractivity contribution is 7.25. The Kier molecular flexibility index (Phi) is 1.53. The summed E-state index contributed by atoms with van der Waals surface area (Å²) in [6.07, 6.45) is 0. The van der Waals surface area contributed by atoms with Gasteiger partial charge in [0.05, 0.1) is 5.39 Å². The van der Waals surface area contributed by atoms with Gasteiger partial charge in [0, 0.05) is 14.8 Å². The van der Waals surface area contributed by atoms with Gasteiger partial charge in [-0.15, -0.1) is 11.3 Å². The van der Waals surface area contributed by atoms with E-state index in [0.717, 1.165) is 0 Å². The van der Waals surface area contributed by atoms with Gasteiger partial charge in [0.2, 0.25) is 0 Å². The molecule has 0 bridgehead atoms. The Balaban J connectivity index is 2.58. The number of hydrogen-bond donors (Lipinski definition) is 0. The third-order valence-electron chi connectivity index (χ3n) is 2.39. The molecule has 0 aliphatic carbocycles. The number of thiophene rings is 1. The third-order valence-corrected chi connectivity index (χ3v) is 3.52. The van der Waals surface area contributed by atoms with Crippen LogP contribution in [0.1, 0.15) is 5.56 Å². The third kappa shape index (κ3) is 1.01. The minimum atomic E-state index is 1.20. The fraction of sp³-hybridized carbons (Fsp3) is 0.0769. The van der Waals surface area contributed by atoms with E-state index in [1.807, 2.05) is 17.4 Å². The second-order valence-electron chi connectivity index (χ2n) is 3.44. The Morgan fingerprint density at radius 1 is 1.14 bits per heavy atom. The van der Waals surface area contributed by atoms with Crippen molar-refractivity contribution in [2.24, 2.45) is 0 Å². The first-order valence-electron chi connectivity index (χ1n) is 4.56. The zero-order valence-corrected chi connectivity index (χ0v) is 8.61. The quantitative estimate of drug-likeness (QED) is 0.510.